The summed E-state index contributed by atoms with van der Waals surface area (Å²) in [5.74, 6) is -1.68. The molecule has 0 saturated heterocycles. The first-order chi connectivity index (χ1) is 12.1. The molecule has 1 heterocycles. The van der Waals surface area contributed by atoms with Gasteiger partial charge < -0.3 is 5.32 Å². The van der Waals surface area contributed by atoms with Gasteiger partial charge >= 0.3 is 6.18 Å². The molecule has 0 bridgehead atoms. The van der Waals surface area contributed by atoms with Crippen LogP contribution in [0.1, 0.15) is 36.6 Å². The van der Waals surface area contributed by atoms with Crippen LogP contribution in [0.4, 0.5) is 18.9 Å². The van der Waals surface area contributed by atoms with E-state index in [1.807, 2.05) is 22.6 Å². The Morgan fingerprint density at radius 3 is 2.35 bits per heavy atom. The Morgan fingerprint density at radius 1 is 1.04 bits per heavy atom. The van der Waals surface area contributed by atoms with Crippen LogP contribution in [-0.2, 0) is 6.18 Å². The highest BCUT2D eigenvalue weighted by Crippen LogP contribution is 2.33. The quantitative estimate of drug-likeness (QED) is 0.533. The van der Waals surface area contributed by atoms with Gasteiger partial charge in [-0.25, -0.2) is 0 Å². The van der Waals surface area contributed by atoms with E-state index in [-0.39, 0.29) is 22.4 Å². The number of anilines is 1. The van der Waals surface area contributed by atoms with Crippen LogP contribution >= 0.6 is 22.6 Å². The number of carbonyl (C=O) groups excluding carboxylic acids is 3. The third-order valence-corrected chi connectivity index (χ3v) is 4.83. The van der Waals surface area contributed by atoms with E-state index in [9.17, 15) is 27.6 Å². The number of fused-ring (bicyclic) bond motifs is 1. The predicted octanol–water partition coefficient (Wildman–Crippen LogP) is 3.79. The molecule has 0 unspecified atom stereocenters. The molecule has 3 amide bonds. The van der Waals surface area contributed by atoms with Crippen molar-refractivity contribution < 1.29 is 27.6 Å². The lowest BCUT2D eigenvalue weighted by atomic mass is 10.1. The largest absolute Gasteiger partial charge is 0.416 e. The highest BCUT2D eigenvalue weighted by molar-refractivity contribution is 14.1. The van der Waals surface area contributed by atoms with Crippen LogP contribution in [0.3, 0.4) is 0 Å². The molecule has 0 atom stereocenters. The minimum absolute atomic E-state index is 0.00504. The van der Waals surface area contributed by atoms with Crippen LogP contribution in [-0.4, -0.2) is 29.7 Å². The number of hydrogen-bond donors (Lipinski definition) is 1. The van der Waals surface area contributed by atoms with E-state index in [1.54, 1.807) is 0 Å². The topological polar surface area (TPSA) is 66.5 Å². The maximum Gasteiger partial charge on any atom is 0.416 e. The second kappa shape index (κ2) is 6.38. The van der Waals surface area contributed by atoms with Crippen molar-refractivity contribution in [2.24, 2.45) is 0 Å². The van der Waals surface area contributed by atoms with Gasteiger partial charge in [-0.2, -0.15) is 13.2 Å². The summed E-state index contributed by atoms with van der Waals surface area (Å²) in [6.07, 6.45) is -4.53. The predicted molar refractivity (Wildman–Crippen MR) is 95.0 cm³/mol. The summed E-state index contributed by atoms with van der Waals surface area (Å²) in [7, 11) is 1.33. The van der Waals surface area contributed by atoms with Crippen LogP contribution in [0.2, 0.25) is 0 Å². The summed E-state index contributed by atoms with van der Waals surface area (Å²) in [5.41, 5.74) is -0.546. The molecule has 0 saturated carbocycles. The van der Waals surface area contributed by atoms with Gasteiger partial charge in [0.15, 0.2) is 0 Å². The zero-order valence-corrected chi connectivity index (χ0v) is 15.3. The molecule has 2 aromatic carbocycles. The number of nitrogens with zero attached hydrogens (tertiary/aromatic N) is 1. The Hall–Kier alpha value is -2.43. The van der Waals surface area contributed by atoms with Crippen molar-refractivity contribution in [1.29, 1.82) is 0 Å². The van der Waals surface area contributed by atoms with Gasteiger partial charge in [-0.15, -0.1) is 0 Å². The fourth-order valence-corrected chi connectivity index (χ4v) is 2.96. The van der Waals surface area contributed by atoms with E-state index in [0.29, 0.717) is 3.57 Å². The van der Waals surface area contributed by atoms with Crippen molar-refractivity contribution in [3.8, 4) is 0 Å². The summed E-state index contributed by atoms with van der Waals surface area (Å²) < 4.78 is 38.9. The maximum absolute atomic E-state index is 12.8. The number of imide groups is 1. The number of carbonyl (C=O) groups is 3. The Kier molecular flexibility index (Phi) is 4.51. The Bertz CT molecular complexity index is 957. The van der Waals surface area contributed by atoms with Gasteiger partial charge in [-0.3, -0.25) is 19.3 Å². The molecule has 1 aliphatic heterocycles. The van der Waals surface area contributed by atoms with E-state index in [2.05, 4.69) is 5.32 Å². The van der Waals surface area contributed by atoms with E-state index < -0.39 is 29.5 Å². The van der Waals surface area contributed by atoms with Gasteiger partial charge in [0, 0.05) is 16.2 Å². The highest BCUT2D eigenvalue weighted by atomic mass is 127. The van der Waals surface area contributed by atoms with E-state index in [1.165, 1.54) is 31.3 Å². The minimum Gasteiger partial charge on any atom is -0.321 e. The summed E-state index contributed by atoms with van der Waals surface area (Å²) in [5, 5.41) is 2.41. The number of hydrogen-bond acceptors (Lipinski definition) is 3. The van der Waals surface area contributed by atoms with Crippen molar-refractivity contribution in [3.05, 3.63) is 62.2 Å². The average Bonchev–Trinajstić information content (AvgIpc) is 2.80. The van der Waals surface area contributed by atoms with Crippen LogP contribution in [0.15, 0.2) is 36.4 Å². The van der Waals surface area contributed by atoms with Gasteiger partial charge in [-0.05, 0) is 59.0 Å². The summed E-state index contributed by atoms with van der Waals surface area (Å²) >= 11 is 1.81. The molecule has 1 aliphatic rings. The number of amides is 3. The minimum atomic E-state index is -4.53. The van der Waals surface area contributed by atoms with E-state index in [4.69, 9.17) is 0 Å². The molecule has 0 fully saturated rings. The average molecular weight is 474 g/mol. The normalized spacial score (nSPS) is 13.8. The Labute approximate surface area is 159 Å². The number of rotatable bonds is 2. The standard InChI is InChI=1S/C17H10F3IN2O3/c1-23-15(25)10-4-2-8(6-11(10)16(23)26)14(24)22-13-7-9(17(18,19)20)3-5-12(13)21/h2-7H,1H3,(H,22,24). The molecular formula is C17H10F3IN2O3. The van der Waals surface area contributed by atoms with Crippen molar-refractivity contribution in [3.63, 3.8) is 0 Å². The van der Waals surface area contributed by atoms with Crippen molar-refractivity contribution >= 4 is 46.0 Å². The number of halogens is 4. The van der Waals surface area contributed by atoms with Crippen LogP contribution in [0.25, 0.3) is 0 Å². The molecule has 26 heavy (non-hydrogen) atoms. The van der Waals surface area contributed by atoms with Gasteiger partial charge in [0.25, 0.3) is 17.7 Å². The number of nitrogens with one attached hydrogen (secondary N) is 1. The molecule has 9 heteroatoms. The molecular weight excluding hydrogens is 464 g/mol. The van der Waals surface area contributed by atoms with Crippen molar-refractivity contribution in [1.82, 2.24) is 4.90 Å². The Balaban J connectivity index is 1.91. The van der Waals surface area contributed by atoms with E-state index >= 15 is 0 Å². The molecule has 3 rings (SSSR count). The van der Waals surface area contributed by atoms with Crippen molar-refractivity contribution in [2.75, 3.05) is 12.4 Å². The number of alkyl halides is 3. The molecule has 0 radical (unpaired) electrons. The fraction of sp³-hybridized carbons (Fsp3) is 0.118. The van der Waals surface area contributed by atoms with Gasteiger partial charge in [0.1, 0.15) is 0 Å². The SMILES string of the molecule is CN1C(=O)c2ccc(C(=O)Nc3cc(C(F)(F)F)ccc3I)cc2C1=O. The first-order valence-electron chi connectivity index (χ1n) is 7.24. The lowest BCUT2D eigenvalue weighted by Gasteiger charge is -2.12. The molecule has 0 spiro atoms. The summed E-state index contributed by atoms with van der Waals surface area (Å²) in [6, 6.07) is 6.97. The third kappa shape index (κ3) is 3.18. The van der Waals surface area contributed by atoms with E-state index in [0.717, 1.165) is 17.0 Å². The third-order valence-electron chi connectivity index (χ3n) is 3.89. The number of benzene rings is 2. The zero-order valence-electron chi connectivity index (χ0n) is 13.1. The second-order valence-electron chi connectivity index (χ2n) is 5.58. The molecule has 134 valence electrons. The Morgan fingerprint density at radius 2 is 1.69 bits per heavy atom. The molecule has 5 nitrogen and oxygen atoms in total. The molecule has 1 N–H and O–H groups in total. The lowest BCUT2D eigenvalue weighted by Crippen LogP contribution is -2.24. The fourth-order valence-electron chi connectivity index (χ4n) is 2.49. The summed E-state index contributed by atoms with van der Waals surface area (Å²) in [4.78, 5) is 37.2. The molecule has 0 aromatic heterocycles. The zero-order chi connectivity index (χ0) is 19.2. The lowest BCUT2D eigenvalue weighted by molar-refractivity contribution is -0.137. The molecule has 2 aromatic rings. The first-order valence-corrected chi connectivity index (χ1v) is 8.32. The van der Waals surface area contributed by atoms with Crippen LogP contribution in [0, 0.1) is 3.57 Å². The highest BCUT2D eigenvalue weighted by Gasteiger charge is 2.33. The first kappa shape index (κ1) is 18.4. The summed E-state index contributed by atoms with van der Waals surface area (Å²) in [6.45, 7) is 0. The van der Waals surface area contributed by atoms with Gasteiger partial charge in [-0.1, -0.05) is 0 Å². The van der Waals surface area contributed by atoms with Crippen LogP contribution < -0.4 is 5.32 Å². The van der Waals surface area contributed by atoms with Gasteiger partial charge in [0.2, 0.25) is 0 Å². The monoisotopic (exact) mass is 474 g/mol. The van der Waals surface area contributed by atoms with Gasteiger partial charge in [0.05, 0.1) is 22.4 Å². The maximum atomic E-state index is 12.8. The molecule has 0 aliphatic carbocycles. The second-order valence-corrected chi connectivity index (χ2v) is 6.74. The van der Waals surface area contributed by atoms with Crippen LogP contribution in [0.5, 0.6) is 0 Å². The smallest absolute Gasteiger partial charge is 0.321 e. The van der Waals surface area contributed by atoms with Crippen molar-refractivity contribution in [2.45, 2.75) is 6.18 Å².